The first-order valence-electron chi connectivity index (χ1n) is 8.56. The van der Waals surface area contributed by atoms with Crippen molar-refractivity contribution in [2.24, 2.45) is 0 Å². The van der Waals surface area contributed by atoms with Crippen LogP contribution in [0.2, 0.25) is 0 Å². The van der Waals surface area contributed by atoms with Crippen molar-refractivity contribution in [3.05, 3.63) is 58.6 Å². The Morgan fingerprint density at radius 2 is 1.57 bits per heavy atom. The van der Waals surface area contributed by atoms with Crippen molar-refractivity contribution in [1.82, 2.24) is 4.90 Å². The number of anilines is 1. The van der Waals surface area contributed by atoms with Crippen LogP contribution in [0.4, 0.5) is 11.4 Å². The summed E-state index contributed by atoms with van der Waals surface area (Å²) < 4.78 is 30.8. The quantitative estimate of drug-likeness (QED) is 0.380. The van der Waals surface area contributed by atoms with E-state index in [4.69, 9.17) is 4.74 Å². The Bertz CT molecular complexity index is 952. The summed E-state index contributed by atoms with van der Waals surface area (Å²) in [7, 11) is 0. The van der Waals surface area contributed by atoms with Crippen LogP contribution >= 0.6 is 0 Å². The molecule has 0 spiro atoms. The van der Waals surface area contributed by atoms with Crippen molar-refractivity contribution in [3.8, 4) is 0 Å². The van der Waals surface area contributed by atoms with Crippen molar-refractivity contribution in [2.45, 2.75) is 0 Å². The number of nitrogens with one attached hydrogen (secondary N) is 1. The second-order valence-corrected chi connectivity index (χ2v) is 10.3. The molecule has 1 aliphatic rings. The fourth-order valence-electron chi connectivity index (χ4n) is 2.76. The number of carbonyl (C=O) groups excluding carboxylic acids is 1. The van der Waals surface area contributed by atoms with Gasteiger partial charge in [-0.05, 0) is 0 Å². The maximum absolute atomic E-state index is 12.7. The summed E-state index contributed by atoms with van der Waals surface area (Å²) in [6, 6.07) is 10.7. The number of hydrogen-bond donors (Lipinski definition) is 1. The zero-order chi connectivity index (χ0) is 20.1. The maximum atomic E-state index is 12.7. The van der Waals surface area contributed by atoms with Crippen molar-refractivity contribution < 1.29 is 22.1 Å². The molecular weight excluding hydrogens is 433 g/mol. The van der Waals surface area contributed by atoms with Gasteiger partial charge in [0, 0.05) is 0 Å². The molecule has 1 aliphatic heterocycles. The number of benzene rings is 2. The summed E-state index contributed by atoms with van der Waals surface area (Å²) in [5.74, 6) is -0.181. The third-order valence-corrected chi connectivity index (χ3v) is 8.02. The molecule has 1 amide bonds. The van der Waals surface area contributed by atoms with E-state index < -0.39 is 17.6 Å². The van der Waals surface area contributed by atoms with E-state index in [2.05, 4.69) is 5.32 Å². The molecule has 9 nitrogen and oxygen atoms in total. The predicted octanol–water partition coefficient (Wildman–Crippen LogP) is 0.283. The van der Waals surface area contributed by atoms with E-state index in [0.717, 1.165) is 12.1 Å². The summed E-state index contributed by atoms with van der Waals surface area (Å²) in [6.45, 7) is 2.85. The Balaban J connectivity index is 1.67. The van der Waals surface area contributed by atoms with Gasteiger partial charge in [-0.1, -0.05) is 0 Å². The molecule has 1 saturated heterocycles. The summed E-state index contributed by atoms with van der Waals surface area (Å²) in [5.41, 5.74) is 0.327. The first kappa shape index (κ1) is 20.1. The Morgan fingerprint density at radius 1 is 1.04 bits per heavy atom. The molecule has 0 unspecified atom stereocenters. The van der Waals surface area contributed by atoms with Gasteiger partial charge in [0.25, 0.3) is 0 Å². The molecule has 0 aliphatic carbocycles. The predicted molar refractivity (Wildman–Crippen MR) is 102 cm³/mol. The molecule has 148 valence electrons. The number of nitro benzene ring substituents is 1. The van der Waals surface area contributed by atoms with E-state index in [-0.39, 0.29) is 27.1 Å². The Morgan fingerprint density at radius 3 is 2.11 bits per heavy atom. The first-order chi connectivity index (χ1) is 13.4. The number of rotatable bonds is 6. The SMILES string of the molecule is O=C(CN1CCOCC1)Nc1ccc([Se](=O)(=O)c2ccc([N+](=O)[O-])cc2)cc1. The third-order valence-electron chi connectivity index (χ3n) is 4.28. The van der Waals surface area contributed by atoms with Gasteiger partial charge in [-0.15, -0.1) is 0 Å². The standard InChI is InChI=1S/C18H19N3O6Se/c22-18(13-20-9-11-27-12-10-20)19-14-1-5-16(6-2-14)28(25,26)17-7-3-15(4-8-17)21(23)24/h1-8H,9-13H2,(H,19,22). The monoisotopic (exact) mass is 453 g/mol. The van der Waals surface area contributed by atoms with Crippen molar-refractivity contribution in [1.29, 1.82) is 0 Å². The number of non-ortho nitro benzene ring substituents is 1. The summed E-state index contributed by atoms with van der Waals surface area (Å²) >= 11 is -4.68. The van der Waals surface area contributed by atoms with Crippen LogP contribution in [0.5, 0.6) is 0 Å². The van der Waals surface area contributed by atoms with Gasteiger partial charge >= 0.3 is 163 Å². The van der Waals surface area contributed by atoms with Crippen LogP contribution in [-0.4, -0.2) is 61.3 Å². The number of carbonyl (C=O) groups is 1. The fourth-order valence-corrected chi connectivity index (χ4v) is 5.41. The van der Waals surface area contributed by atoms with Crippen LogP contribution in [0.3, 0.4) is 0 Å². The molecule has 1 fully saturated rings. The van der Waals surface area contributed by atoms with E-state index in [1.807, 2.05) is 4.90 Å². The summed E-state index contributed by atoms with van der Waals surface area (Å²) in [5, 5.41) is 13.4. The number of nitrogens with zero attached hydrogens (tertiary/aromatic N) is 2. The van der Waals surface area contributed by atoms with Crippen molar-refractivity contribution in [3.63, 3.8) is 0 Å². The van der Waals surface area contributed by atoms with Gasteiger partial charge in [0.2, 0.25) is 0 Å². The topological polar surface area (TPSA) is 119 Å². The van der Waals surface area contributed by atoms with Crippen LogP contribution < -0.4 is 14.2 Å². The van der Waals surface area contributed by atoms with Gasteiger partial charge in [-0.2, -0.15) is 0 Å². The molecule has 10 heteroatoms. The molecule has 28 heavy (non-hydrogen) atoms. The van der Waals surface area contributed by atoms with Crippen LogP contribution in [0.15, 0.2) is 48.5 Å². The van der Waals surface area contributed by atoms with E-state index >= 15 is 0 Å². The van der Waals surface area contributed by atoms with Crippen LogP contribution in [0.1, 0.15) is 0 Å². The summed E-state index contributed by atoms with van der Waals surface area (Å²) in [6.07, 6.45) is 0. The Hall–Kier alpha value is -2.65. The number of hydrogen-bond acceptors (Lipinski definition) is 7. The molecule has 1 heterocycles. The normalized spacial score (nSPS) is 15.1. The molecule has 2 aromatic rings. The molecule has 3 rings (SSSR count). The molecule has 0 aromatic heterocycles. The van der Waals surface area contributed by atoms with Gasteiger partial charge in [0.1, 0.15) is 0 Å². The van der Waals surface area contributed by atoms with Gasteiger partial charge in [0.05, 0.1) is 0 Å². The Kier molecular flexibility index (Phi) is 6.15. The molecule has 1 N–H and O–H groups in total. The number of morpholine rings is 1. The van der Waals surface area contributed by atoms with Crippen LogP contribution in [0, 0.1) is 10.1 Å². The second-order valence-electron chi connectivity index (χ2n) is 6.22. The van der Waals surface area contributed by atoms with E-state index in [0.29, 0.717) is 32.0 Å². The van der Waals surface area contributed by atoms with E-state index in [1.54, 1.807) is 0 Å². The zero-order valence-electron chi connectivity index (χ0n) is 14.9. The van der Waals surface area contributed by atoms with Crippen molar-refractivity contribution >= 4 is 38.9 Å². The molecule has 0 saturated carbocycles. The molecule has 0 radical (unpaired) electrons. The van der Waals surface area contributed by atoms with Crippen LogP contribution in [0.25, 0.3) is 0 Å². The Labute approximate surface area is 163 Å². The minimum atomic E-state index is -4.68. The van der Waals surface area contributed by atoms with Gasteiger partial charge < -0.3 is 0 Å². The van der Waals surface area contributed by atoms with E-state index in [9.17, 15) is 22.6 Å². The average molecular weight is 452 g/mol. The number of ether oxygens (including phenoxy) is 1. The number of nitro groups is 1. The van der Waals surface area contributed by atoms with Crippen molar-refractivity contribution in [2.75, 3.05) is 38.2 Å². The third kappa shape index (κ3) is 4.79. The molecule has 0 bridgehead atoms. The molecule has 0 atom stereocenters. The fraction of sp³-hybridized carbons (Fsp3) is 0.278. The number of amides is 1. The minimum absolute atomic E-state index is 0.0333. The van der Waals surface area contributed by atoms with Gasteiger partial charge in [0.15, 0.2) is 0 Å². The second kappa shape index (κ2) is 8.57. The average Bonchev–Trinajstić information content (AvgIpc) is 2.69. The molecule has 2 aromatic carbocycles. The van der Waals surface area contributed by atoms with Gasteiger partial charge in [-0.3, -0.25) is 0 Å². The summed E-state index contributed by atoms with van der Waals surface area (Å²) in [4.78, 5) is 24.2. The zero-order valence-corrected chi connectivity index (χ0v) is 16.6. The first-order valence-corrected chi connectivity index (χ1v) is 11.7. The van der Waals surface area contributed by atoms with Gasteiger partial charge in [-0.25, -0.2) is 0 Å². The van der Waals surface area contributed by atoms with E-state index in [1.165, 1.54) is 36.4 Å². The molecular formula is C18H19N3O6Se. The van der Waals surface area contributed by atoms with Crippen LogP contribution in [-0.2, 0) is 17.2 Å².